The number of phenols is 4. The standard InChI is InChI=1S/C45H51NO8/c46-25-54-38-20-26(12-16-36(38)49)11-15-35(48)32-14-13-28-21-29-22-34(45(17-4-5-18-45)30-8-2-1-3-9-30)41(40(28)42(32)51)33-23-37(50)43(52)44(39(29)33)53-24-27-7-6-10-31(47)19-27/h1-3,6-10,12,16,19-20,23,28-29,32,34,40-42,47,49-52H,4-5,11,13-15,17-18,21-22,24-25,46H2/t28-,29-,32+,34-,40-,41+,42+/m1/s1. The Morgan fingerprint density at radius 3 is 2.39 bits per heavy atom. The molecule has 7 N–H and O–H groups in total. The minimum atomic E-state index is -0.883. The van der Waals surface area contributed by atoms with E-state index in [1.54, 1.807) is 42.5 Å². The summed E-state index contributed by atoms with van der Waals surface area (Å²) < 4.78 is 11.8. The van der Waals surface area contributed by atoms with Gasteiger partial charge in [0.2, 0.25) is 5.75 Å². The maximum atomic E-state index is 14.1. The van der Waals surface area contributed by atoms with E-state index >= 15 is 0 Å². The summed E-state index contributed by atoms with van der Waals surface area (Å²) >= 11 is 0. The molecule has 0 spiro atoms. The van der Waals surface area contributed by atoms with Gasteiger partial charge < -0.3 is 35.0 Å². The molecule has 9 heteroatoms. The number of aromatic hydroxyl groups is 4. The molecule has 9 rings (SSSR count). The van der Waals surface area contributed by atoms with Gasteiger partial charge in [0.1, 0.15) is 24.9 Å². The molecule has 54 heavy (non-hydrogen) atoms. The van der Waals surface area contributed by atoms with Crippen molar-refractivity contribution in [3.8, 4) is 34.5 Å². The average molecular weight is 734 g/mol. The summed E-state index contributed by atoms with van der Waals surface area (Å²) in [4.78, 5) is 14.1. The van der Waals surface area contributed by atoms with Crippen molar-refractivity contribution < 1.29 is 39.8 Å². The van der Waals surface area contributed by atoms with Crippen LogP contribution in [0.3, 0.4) is 0 Å². The Hall–Kier alpha value is -4.73. The Kier molecular flexibility index (Phi) is 9.96. The highest BCUT2D eigenvalue weighted by Gasteiger charge is 2.59. The highest BCUT2D eigenvalue weighted by atomic mass is 16.5. The zero-order chi connectivity index (χ0) is 37.6. The van der Waals surface area contributed by atoms with Gasteiger partial charge in [-0.3, -0.25) is 10.5 Å². The normalized spacial score (nSPS) is 26.7. The Morgan fingerprint density at radius 1 is 0.833 bits per heavy atom. The second-order valence-electron chi connectivity index (χ2n) is 16.2. The Morgan fingerprint density at radius 2 is 1.63 bits per heavy atom. The maximum absolute atomic E-state index is 14.1. The second-order valence-corrected chi connectivity index (χ2v) is 16.2. The predicted octanol–water partition coefficient (Wildman–Crippen LogP) is 7.69. The third-order valence-electron chi connectivity index (χ3n) is 13.4. The minimum Gasteiger partial charge on any atom is -0.508 e. The van der Waals surface area contributed by atoms with Crippen molar-refractivity contribution in [3.63, 3.8) is 0 Å². The molecule has 7 atom stereocenters. The van der Waals surface area contributed by atoms with Gasteiger partial charge >= 0.3 is 0 Å². The first-order valence-electron chi connectivity index (χ1n) is 19.6. The molecule has 3 saturated carbocycles. The third-order valence-corrected chi connectivity index (χ3v) is 13.4. The first-order valence-corrected chi connectivity index (χ1v) is 19.6. The van der Waals surface area contributed by atoms with Crippen LogP contribution < -0.4 is 15.2 Å². The number of ketones is 1. The summed E-state index contributed by atoms with van der Waals surface area (Å²) in [6.45, 7) is 0.0204. The van der Waals surface area contributed by atoms with Crippen LogP contribution in [-0.2, 0) is 23.2 Å². The summed E-state index contributed by atoms with van der Waals surface area (Å²) in [6, 6.07) is 24.3. The van der Waals surface area contributed by atoms with E-state index in [9.17, 15) is 30.3 Å². The van der Waals surface area contributed by atoms with Crippen molar-refractivity contribution in [1.82, 2.24) is 0 Å². The van der Waals surface area contributed by atoms with Crippen LogP contribution in [0.2, 0.25) is 0 Å². The number of nitrogens with two attached hydrogens (primary N) is 1. The SMILES string of the molecule is NCOc1cc(CCC(=O)[C@@H]2CC[C@@H]3C[C@@H]4C[C@@H](C5(c6ccccc6)CCCC5)[C@H](c5cc(O)c(O)c(OCc6cccc(O)c6)c54)[C@@H]3[C@H]2O)ccc1O. The number of carbonyl (C=O) groups excluding carboxylic acids is 1. The van der Waals surface area contributed by atoms with E-state index in [-0.39, 0.29) is 95.0 Å². The highest BCUT2D eigenvalue weighted by Crippen LogP contribution is 2.67. The largest absolute Gasteiger partial charge is 0.508 e. The Labute approximate surface area is 316 Å². The van der Waals surface area contributed by atoms with E-state index < -0.39 is 12.0 Å². The van der Waals surface area contributed by atoms with E-state index in [0.717, 1.165) is 67.2 Å². The number of benzene rings is 4. The van der Waals surface area contributed by atoms with Crippen LogP contribution in [0.5, 0.6) is 34.5 Å². The maximum Gasteiger partial charge on any atom is 0.200 e. The molecule has 284 valence electrons. The fraction of sp³-hybridized carbons (Fsp3) is 0.444. The number of Topliss-reactive ketones (excluding diaryl/α,β-unsaturated/α-hetero) is 1. The summed E-state index contributed by atoms with van der Waals surface area (Å²) in [6.07, 6.45) is 7.13. The van der Waals surface area contributed by atoms with Crippen LogP contribution in [-0.4, -0.2) is 44.2 Å². The van der Waals surface area contributed by atoms with Gasteiger partial charge in [-0.1, -0.05) is 61.4 Å². The first-order chi connectivity index (χ1) is 26.2. The first kappa shape index (κ1) is 36.3. The number of aliphatic hydroxyl groups excluding tert-OH is 1. The molecule has 0 radical (unpaired) electrons. The summed E-state index contributed by atoms with van der Waals surface area (Å²) in [5.74, 6) is -0.517. The number of aryl methyl sites for hydroxylation is 1. The molecule has 0 amide bonds. The highest BCUT2D eigenvalue weighted by molar-refractivity contribution is 5.82. The van der Waals surface area contributed by atoms with Crippen molar-refractivity contribution in [3.05, 3.63) is 107 Å². The predicted molar refractivity (Wildman–Crippen MR) is 204 cm³/mol. The molecular weight excluding hydrogens is 682 g/mol. The van der Waals surface area contributed by atoms with Crippen LogP contribution in [0.25, 0.3) is 0 Å². The van der Waals surface area contributed by atoms with E-state index in [1.807, 2.05) is 6.07 Å². The minimum absolute atomic E-state index is 0.00912. The average Bonchev–Trinajstić information content (AvgIpc) is 3.56. The van der Waals surface area contributed by atoms with Crippen LogP contribution in [0.1, 0.15) is 97.4 Å². The molecule has 9 nitrogen and oxygen atoms in total. The molecule has 0 aromatic heterocycles. The van der Waals surface area contributed by atoms with E-state index in [4.69, 9.17) is 15.2 Å². The van der Waals surface area contributed by atoms with Gasteiger partial charge in [-0.05, 0) is 133 Å². The molecule has 0 saturated heterocycles. The number of ether oxygens (including phenoxy) is 2. The van der Waals surface area contributed by atoms with Crippen LogP contribution in [0.15, 0.2) is 78.9 Å². The van der Waals surface area contributed by atoms with E-state index in [1.165, 1.54) is 5.56 Å². The lowest BCUT2D eigenvalue weighted by Gasteiger charge is -2.51. The summed E-state index contributed by atoms with van der Waals surface area (Å²) in [7, 11) is 0. The number of hydrogen-bond donors (Lipinski definition) is 6. The van der Waals surface area contributed by atoms with E-state index in [0.29, 0.717) is 12.8 Å². The van der Waals surface area contributed by atoms with Gasteiger partial charge in [-0.2, -0.15) is 0 Å². The smallest absolute Gasteiger partial charge is 0.200 e. The fourth-order valence-electron chi connectivity index (χ4n) is 11.2. The molecule has 0 heterocycles. The number of hydrogen-bond acceptors (Lipinski definition) is 9. The lowest BCUT2D eigenvalue weighted by atomic mass is 9.53. The topological polar surface area (TPSA) is 163 Å². The van der Waals surface area contributed by atoms with Crippen molar-refractivity contribution in [2.75, 3.05) is 6.73 Å². The molecule has 0 unspecified atom stereocenters. The second kappa shape index (κ2) is 14.8. The molecule has 0 aliphatic heterocycles. The number of phenolic OH excluding ortho intramolecular Hbond substituents is 4. The quantitative estimate of drug-likeness (QED) is 0.0670. The molecule has 4 aromatic rings. The van der Waals surface area contributed by atoms with Gasteiger partial charge in [0.05, 0.1) is 6.10 Å². The van der Waals surface area contributed by atoms with Gasteiger partial charge in [0.15, 0.2) is 23.0 Å². The van der Waals surface area contributed by atoms with Gasteiger partial charge in [-0.15, -0.1) is 0 Å². The molecule has 5 aliphatic rings. The monoisotopic (exact) mass is 733 g/mol. The van der Waals surface area contributed by atoms with Crippen molar-refractivity contribution in [2.24, 2.45) is 29.4 Å². The van der Waals surface area contributed by atoms with Gasteiger partial charge in [0, 0.05) is 17.9 Å². The van der Waals surface area contributed by atoms with Crippen LogP contribution in [0, 0.1) is 23.7 Å². The summed E-state index contributed by atoms with van der Waals surface area (Å²) in [5.41, 5.74) is 10.1. The van der Waals surface area contributed by atoms with Crippen LogP contribution >= 0.6 is 0 Å². The number of rotatable bonds is 11. The van der Waals surface area contributed by atoms with Crippen molar-refractivity contribution >= 4 is 5.78 Å². The summed E-state index contributed by atoms with van der Waals surface area (Å²) in [5, 5.41) is 55.6. The van der Waals surface area contributed by atoms with Gasteiger partial charge in [-0.25, -0.2) is 0 Å². The molecular formula is C45H51NO8. The number of carbonyl (C=O) groups is 1. The lowest BCUT2D eigenvalue weighted by Crippen LogP contribution is -2.48. The molecule has 4 aromatic carbocycles. The lowest BCUT2D eigenvalue weighted by molar-refractivity contribution is -0.132. The van der Waals surface area contributed by atoms with Gasteiger partial charge in [0.25, 0.3) is 0 Å². The van der Waals surface area contributed by atoms with Crippen molar-refractivity contribution in [2.45, 2.75) is 94.2 Å². The van der Waals surface area contributed by atoms with Crippen LogP contribution in [0.4, 0.5) is 0 Å². The molecule has 5 aliphatic carbocycles. The zero-order valence-corrected chi connectivity index (χ0v) is 30.6. The fourth-order valence-corrected chi connectivity index (χ4v) is 11.2. The number of aliphatic hydroxyl groups is 1. The Balaban J connectivity index is 1.18. The zero-order valence-electron chi connectivity index (χ0n) is 30.6. The molecule has 3 fully saturated rings. The molecule has 2 bridgehead atoms. The third kappa shape index (κ3) is 6.45. The Bertz CT molecular complexity index is 1990. The number of fused-ring (bicyclic) bond motifs is 1. The van der Waals surface area contributed by atoms with Crippen molar-refractivity contribution in [1.29, 1.82) is 0 Å². The van der Waals surface area contributed by atoms with E-state index in [2.05, 4.69) is 30.3 Å².